The first-order chi connectivity index (χ1) is 9.99. The molecule has 1 aromatic carbocycles. The first-order valence-electron chi connectivity index (χ1n) is 7.89. The minimum atomic E-state index is -4.26. The molecule has 0 amide bonds. The molecule has 0 aliphatic heterocycles. The molecule has 1 aromatic rings. The van der Waals surface area contributed by atoms with Crippen molar-refractivity contribution in [3.8, 4) is 0 Å². The molecular weight excluding hydrogens is 275 g/mol. The van der Waals surface area contributed by atoms with Crippen LogP contribution in [0, 0.1) is 0 Å². The molecule has 1 N–H and O–H groups in total. The minimum absolute atomic E-state index is 0.152. The maximum atomic E-state index is 12.6. The van der Waals surface area contributed by atoms with Crippen LogP contribution in [-0.4, -0.2) is 6.54 Å². The molecule has 0 radical (unpaired) electrons. The molecule has 120 valence electrons. The van der Waals surface area contributed by atoms with Crippen LogP contribution in [-0.2, 0) is 6.18 Å². The minimum Gasteiger partial charge on any atom is -0.310 e. The average Bonchev–Trinajstić information content (AvgIpc) is 2.45. The Bertz CT molecular complexity index is 384. The van der Waals surface area contributed by atoms with Gasteiger partial charge in [-0.15, -0.1) is 0 Å². The maximum Gasteiger partial charge on any atom is 0.416 e. The molecular formula is C17H26F3N. The molecule has 1 atom stereocenters. The lowest BCUT2D eigenvalue weighted by atomic mass is 9.98. The van der Waals surface area contributed by atoms with Gasteiger partial charge in [-0.2, -0.15) is 13.2 Å². The zero-order valence-electron chi connectivity index (χ0n) is 13.0. The molecule has 0 aliphatic carbocycles. The van der Waals surface area contributed by atoms with Crippen LogP contribution in [0.3, 0.4) is 0 Å². The summed E-state index contributed by atoms with van der Waals surface area (Å²) in [5.41, 5.74) is 0.366. The summed E-state index contributed by atoms with van der Waals surface area (Å²) < 4.78 is 37.7. The standard InChI is InChI=1S/C17H26F3N/c1-3-5-6-7-8-9-16(21-4-2)14-10-12-15(13-11-14)17(18,19)20/h10-13,16,21H,3-9H2,1-2H3. The van der Waals surface area contributed by atoms with Crippen LogP contribution in [0.1, 0.15) is 69.5 Å². The van der Waals surface area contributed by atoms with E-state index in [0.29, 0.717) is 0 Å². The van der Waals surface area contributed by atoms with Crippen molar-refractivity contribution in [2.45, 2.75) is 64.6 Å². The summed E-state index contributed by atoms with van der Waals surface area (Å²) in [6.45, 7) is 5.03. The van der Waals surface area contributed by atoms with Crippen molar-refractivity contribution < 1.29 is 13.2 Å². The number of benzene rings is 1. The van der Waals surface area contributed by atoms with Crippen LogP contribution in [0.4, 0.5) is 13.2 Å². The molecule has 0 fully saturated rings. The van der Waals surface area contributed by atoms with E-state index in [2.05, 4.69) is 12.2 Å². The van der Waals surface area contributed by atoms with Gasteiger partial charge in [-0.25, -0.2) is 0 Å². The normalized spacial score (nSPS) is 13.4. The van der Waals surface area contributed by atoms with Crippen molar-refractivity contribution in [2.24, 2.45) is 0 Å². The van der Waals surface area contributed by atoms with Crippen molar-refractivity contribution >= 4 is 0 Å². The average molecular weight is 301 g/mol. The molecule has 4 heteroatoms. The SMILES string of the molecule is CCCCCCCC(NCC)c1ccc(C(F)(F)F)cc1. The predicted molar refractivity (Wildman–Crippen MR) is 81.2 cm³/mol. The molecule has 21 heavy (non-hydrogen) atoms. The zero-order valence-corrected chi connectivity index (χ0v) is 13.0. The Morgan fingerprint density at radius 3 is 2.10 bits per heavy atom. The van der Waals surface area contributed by atoms with E-state index >= 15 is 0 Å². The Hall–Kier alpha value is -1.03. The van der Waals surface area contributed by atoms with Gasteiger partial charge in [0.15, 0.2) is 0 Å². The largest absolute Gasteiger partial charge is 0.416 e. The highest BCUT2D eigenvalue weighted by Gasteiger charge is 2.30. The molecule has 1 nitrogen and oxygen atoms in total. The summed E-state index contributed by atoms with van der Waals surface area (Å²) in [7, 11) is 0. The van der Waals surface area contributed by atoms with E-state index in [4.69, 9.17) is 0 Å². The second-order valence-corrected chi connectivity index (χ2v) is 5.43. The fourth-order valence-corrected chi connectivity index (χ4v) is 2.49. The molecule has 1 rings (SSSR count). The summed E-state index contributed by atoms with van der Waals surface area (Å²) >= 11 is 0. The maximum absolute atomic E-state index is 12.6. The van der Waals surface area contributed by atoms with Crippen molar-refractivity contribution in [3.05, 3.63) is 35.4 Å². The number of unbranched alkanes of at least 4 members (excludes halogenated alkanes) is 4. The summed E-state index contributed by atoms with van der Waals surface area (Å²) in [4.78, 5) is 0. The number of halogens is 3. The van der Waals surface area contributed by atoms with Gasteiger partial charge in [0.1, 0.15) is 0 Å². The Morgan fingerprint density at radius 2 is 1.57 bits per heavy atom. The van der Waals surface area contributed by atoms with E-state index in [1.165, 1.54) is 37.8 Å². The zero-order chi connectivity index (χ0) is 15.7. The van der Waals surface area contributed by atoms with Gasteiger partial charge in [0.05, 0.1) is 5.56 Å². The van der Waals surface area contributed by atoms with Crippen LogP contribution < -0.4 is 5.32 Å². The van der Waals surface area contributed by atoms with Gasteiger partial charge in [-0.3, -0.25) is 0 Å². The molecule has 0 aromatic heterocycles. The Morgan fingerprint density at radius 1 is 0.952 bits per heavy atom. The Kier molecular flexibility index (Phi) is 7.79. The molecule has 0 bridgehead atoms. The van der Waals surface area contributed by atoms with Crippen LogP contribution in [0.25, 0.3) is 0 Å². The third-order valence-electron chi connectivity index (χ3n) is 3.69. The van der Waals surface area contributed by atoms with E-state index in [1.54, 1.807) is 12.1 Å². The van der Waals surface area contributed by atoms with Gasteiger partial charge in [0.2, 0.25) is 0 Å². The van der Waals surface area contributed by atoms with Gasteiger partial charge in [0, 0.05) is 6.04 Å². The van der Waals surface area contributed by atoms with Gasteiger partial charge in [-0.1, -0.05) is 58.1 Å². The van der Waals surface area contributed by atoms with E-state index in [1.807, 2.05) is 6.92 Å². The van der Waals surface area contributed by atoms with Crippen LogP contribution in [0.15, 0.2) is 24.3 Å². The number of nitrogens with one attached hydrogen (secondary N) is 1. The number of rotatable bonds is 9. The molecule has 0 heterocycles. The fraction of sp³-hybridized carbons (Fsp3) is 0.647. The summed E-state index contributed by atoms with van der Waals surface area (Å²) in [6.07, 6.45) is 2.73. The van der Waals surface area contributed by atoms with Gasteiger partial charge < -0.3 is 5.32 Å². The number of hydrogen-bond donors (Lipinski definition) is 1. The van der Waals surface area contributed by atoms with E-state index in [0.717, 1.165) is 24.9 Å². The molecule has 0 aliphatic rings. The van der Waals surface area contributed by atoms with E-state index < -0.39 is 11.7 Å². The second-order valence-electron chi connectivity index (χ2n) is 5.43. The molecule has 0 saturated carbocycles. The molecule has 0 saturated heterocycles. The fourth-order valence-electron chi connectivity index (χ4n) is 2.49. The smallest absolute Gasteiger partial charge is 0.310 e. The third-order valence-corrected chi connectivity index (χ3v) is 3.69. The Balaban J connectivity index is 2.59. The number of hydrogen-bond acceptors (Lipinski definition) is 1. The topological polar surface area (TPSA) is 12.0 Å². The van der Waals surface area contributed by atoms with Gasteiger partial charge in [-0.05, 0) is 30.7 Å². The lowest BCUT2D eigenvalue weighted by Gasteiger charge is -2.19. The summed E-state index contributed by atoms with van der Waals surface area (Å²) in [5, 5.41) is 3.37. The predicted octanol–water partition coefficient (Wildman–Crippen LogP) is 5.72. The Labute approximate surface area is 125 Å². The van der Waals surface area contributed by atoms with Crippen LogP contribution in [0.5, 0.6) is 0 Å². The van der Waals surface area contributed by atoms with Gasteiger partial charge >= 0.3 is 6.18 Å². The molecule has 0 spiro atoms. The van der Waals surface area contributed by atoms with Crippen molar-refractivity contribution in [1.29, 1.82) is 0 Å². The van der Waals surface area contributed by atoms with Crippen molar-refractivity contribution in [2.75, 3.05) is 6.54 Å². The van der Waals surface area contributed by atoms with E-state index in [9.17, 15) is 13.2 Å². The van der Waals surface area contributed by atoms with Crippen LogP contribution in [0.2, 0.25) is 0 Å². The first kappa shape index (κ1) is 18.0. The highest BCUT2D eigenvalue weighted by atomic mass is 19.4. The highest BCUT2D eigenvalue weighted by Crippen LogP contribution is 2.30. The van der Waals surface area contributed by atoms with E-state index in [-0.39, 0.29) is 6.04 Å². The lowest BCUT2D eigenvalue weighted by Crippen LogP contribution is -2.21. The monoisotopic (exact) mass is 301 g/mol. The second kappa shape index (κ2) is 9.08. The lowest BCUT2D eigenvalue weighted by molar-refractivity contribution is -0.137. The summed E-state index contributed by atoms with van der Waals surface area (Å²) in [5.74, 6) is 0. The van der Waals surface area contributed by atoms with Gasteiger partial charge in [0.25, 0.3) is 0 Å². The number of alkyl halides is 3. The highest BCUT2D eigenvalue weighted by molar-refractivity contribution is 5.26. The third kappa shape index (κ3) is 6.51. The van der Waals surface area contributed by atoms with Crippen molar-refractivity contribution in [1.82, 2.24) is 5.32 Å². The van der Waals surface area contributed by atoms with Crippen LogP contribution >= 0.6 is 0 Å². The van der Waals surface area contributed by atoms with Crippen molar-refractivity contribution in [3.63, 3.8) is 0 Å². The first-order valence-corrected chi connectivity index (χ1v) is 7.89. The quantitative estimate of drug-likeness (QED) is 0.575. The summed E-state index contributed by atoms with van der Waals surface area (Å²) in [6, 6.07) is 5.71. The molecule has 1 unspecified atom stereocenters.